The Morgan fingerprint density at radius 3 is 2.95 bits per heavy atom. The SMILES string of the molecule is CCNc1nccc(C(=O)NCCN2CCOCC2)c1F. The van der Waals surface area contributed by atoms with Crippen molar-refractivity contribution in [3.63, 3.8) is 0 Å². The molecule has 2 heterocycles. The molecule has 0 unspecified atom stereocenters. The number of hydrogen-bond acceptors (Lipinski definition) is 5. The second kappa shape index (κ2) is 7.90. The number of ether oxygens (including phenoxy) is 1. The normalized spacial score (nSPS) is 15.7. The van der Waals surface area contributed by atoms with Crippen molar-refractivity contribution in [3.8, 4) is 0 Å². The molecule has 21 heavy (non-hydrogen) atoms. The summed E-state index contributed by atoms with van der Waals surface area (Å²) in [6.45, 7) is 6.79. The molecule has 7 heteroatoms. The van der Waals surface area contributed by atoms with Gasteiger partial charge in [0, 0.05) is 38.9 Å². The first-order valence-electron chi connectivity index (χ1n) is 7.19. The van der Waals surface area contributed by atoms with Gasteiger partial charge in [-0.05, 0) is 13.0 Å². The molecule has 0 spiro atoms. The van der Waals surface area contributed by atoms with E-state index in [4.69, 9.17) is 4.74 Å². The number of rotatable bonds is 6. The highest BCUT2D eigenvalue weighted by Gasteiger charge is 2.16. The minimum Gasteiger partial charge on any atom is -0.379 e. The maximum absolute atomic E-state index is 14.1. The fraction of sp³-hybridized carbons (Fsp3) is 0.571. The number of nitrogens with zero attached hydrogens (tertiary/aromatic N) is 2. The number of carbonyl (C=O) groups is 1. The van der Waals surface area contributed by atoms with Gasteiger partial charge in [0.1, 0.15) is 0 Å². The van der Waals surface area contributed by atoms with Crippen molar-refractivity contribution in [2.75, 3.05) is 51.3 Å². The van der Waals surface area contributed by atoms with Crippen LogP contribution in [-0.4, -0.2) is 61.7 Å². The van der Waals surface area contributed by atoms with Crippen LogP contribution < -0.4 is 10.6 Å². The van der Waals surface area contributed by atoms with Crippen LogP contribution in [0.4, 0.5) is 10.2 Å². The molecular formula is C14H21FN4O2. The number of hydrogen-bond donors (Lipinski definition) is 2. The van der Waals surface area contributed by atoms with E-state index in [1.807, 2.05) is 6.92 Å². The molecule has 0 aliphatic carbocycles. The van der Waals surface area contributed by atoms with Gasteiger partial charge in [0.25, 0.3) is 5.91 Å². The molecule has 0 saturated carbocycles. The van der Waals surface area contributed by atoms with Crippen LogP contribution in [0.1, 0.15) is 17.3 Å². The summed E-state index contributed by atoms with van der Waals surface area (Å²) in [7, 11) is 0. The molecular weight excluding hydrogens is 275 g/mol. The average molecular weight is 296 g/mol. The van der Waals surface area contributed by atoms with E-state index in [-0.39, 0.29) is 11.4 Å². The topological polar surface area (TPSA) is 66.5 Å². The third-order valence-corrected chi connectivity index (χ3v) is 3.30. The second-order valence-electron chi connectivity index (χ2n) is 4.76. The predicted molar refractivity (Wildman–Crippen MR) is 78.0 cm³/mol. The molecule has 0 bridgehead atoms. The van der Waals surface area contributed by atoms with Crippen molar-refractivity contribution in [1.82, 2.24) is 15.2 Å². The van der Waals surface area contributed by atoms with Gasteiger partial charge >= 0.3 is 0 Å². The highest BCUT2D eigenvalue weighted by molar-refractivity contribution is 5.95. The summed E-state index contributed by atoms with van der Waals surface area (Å²) in [6.07, 6.45) is 1.43. The molecule has 1 saturated heterocycles. The predicted octanol–water partition coefficient (Wildman–Crippen LogP) is 0.714. The Kier molecular flexibility index (Phi) is 5.89. The molecule has 6 nitrogen and oxygen atoms in total. The summed E-state index contributed by atoms with van der Waals surface area (Å²) >= 11 is 0. The Labute approximate surface area is 123 Å². The minimum absolute atomic E-state index is 0.0166. The number of aromatic nitrogens is 1. The zero-order valence-corrected chi connectivity index (χ0v) is 12.2. The van der Waals surface area contributed by atoms with Gasteiger partial charge in [0.05, 0.1) is 18.8 Å². The van der Waals surface area contributed by atoms with Gasteiger partial charge in [-0.3, -0.25) is 9.69 Å². The first kappa shape index (κ1) is 15.7. The van der Waals surface area contributed by atoms with Crippen LogP contribution in [0.3, 0.4) is 0 Å². The molecule has 1 aliphatic heterocycles. The standard InChI is InChI=1S/C14H21FN4O2/c1-2-16-13-12(15)11(3-4-17-13)14(20)18-5-6-19-7-9-21-10-8-19/h3-4H,2,5-10H2,1H3,(H,16,17)(H,18,20). The van der Waals surface area contributed by atoms with Crippen LogP contribution in [0.2, 0.25) is 0 Å². The van der Waals surface area contributed by atoms with Crippen LogP contribution in [-0.2, 0) is 4.74 Å². The Hall–Kier alpha value is -1.73. The lowest BCUT2D eigenvalue weighted by molar-refractivity contribution is 0.0383. The molecule has 2 N–H and O–H groups in total. The molecule has 1 aliphatic rings. The van der Waals surface area contributed by atoms with Gasteiger partial charge in [-0.2, -0.15) is 0 Å². The van der Waals surface area contributed by atoms with Gasteiger partial charge in [-0.25, -0.2) is 9.37 Å². The Morgan fingerprint density at radius 1 is 1.48 bits per heavy atom. The molecule has 2 rings (SSSR count). The Morgan fingerprint density at radius 2 is 2.24 bits per heavy atom. The lowest BCUT2D eigenvalue weighted by Gasteiger charge is -2.26. The Balaban J connectivity index is 1.86. The number of halogens is 1. The van der Waals surface area contributed by atoms with Crippen molar-refractivity contribution in [2.24, 2.45) is 0 Å². The first-order valence-corrected chi connectivity index (χ1v) is 7.19. The van der Waals surface area contributed by atoms with E-state index in [9.17, 15) is 9.18 Å². The van der Waals surface area contributed by atoms with E-state index in [1.165, 1.54) is 12.3 Å². The van der Waals surface area contributed by atoms with Crippen molar-refractivity contribution in [1.29, 1.82) is 0 Å². The Bertz CT molecular complexity index is 478. The van der Waals surface area contributed by atoms with Crippen LogP contribution in [0.15, 0.2) is 12.3 Å². The lowest BCUT2D eigenvalue weighted by atomic mass is 10.2. The van der Waals surface area contributed by atoms with Gasteiger partial charge in [-0.15, -0.1) is 0 Å². The number of nitrogens with one attached hydrogen (secondary N) is 2. The molecule has 0 atom stereocenters. The molecule has 1 amide bonds. The smallest absolute Gasteiger partial charge is 0.254 e. The lowest BCUT2D eigenvalue weighted by Crippen LogP contribution is -2.41. The minimum atomic E-state index is -0.608. The van der Waals surface area contributed by atoms with E-state index in [0.29, 0.717) is 13.1 Å². The molecule has 0 aromatic carbocycles. The highest BCUT2D eigenvalue weighted by atomic mass is 19.1. The quantitative estimate of drug-likeness (QED) is 0.809. The largest absolute Gasteiger partial charge is 0.379 e. The zero-order valence-electron chi connectivity index (χ0n) is 12.2. The molecule has 116 valence electrons. The van der Waals surface area contributed by atoms with E-state index < -0.39 is 11.7 Å². The molecule has 1 aromatic rings. The van der Waals surface area contributed by atoms with Gasteiger partial charge in [-0.1, -0.05) is 0 Å². The maximum Gasteiger partial charge on any atom is 0.254 e. The van der Waals surface area contributed by atoms with Crippen LogP contribution >= 0.6 is 0 Å². The number of anilines is 1. The van der Waals surface area contributed by atoms with Gasteiger partial charge < -0.3 is 15.4 Å². The number of amides is 1. The summed E-state index contributed by atoms with van der Waals surface area (Å²) in [5.41, 5.74) is 0.0166. The summed E-state index contributed by atoms with van der Waals surface area (Å²) in [4.78, 5) is 18.1. The van der Waals surface area contributed by atoms with E-state index in [2.05, 4.69) is 20.5 Å². The van der Waals surface area contributed by atoms with E-state index in [1.54, 1.807) is 0 Å². The van der Waals surface area contributed by atoms with Gasteiger partial charge in [0.2, 0.25) is 0 Å². The number of carbonyl (C=O) groups excluding carboxylic acids is 1. The monoisotopic (exact) mass is 296 g/mol. The van der Waals surface area contributed by atoms with E-state index in [0.717, 1.165) is 32.8 Å². The van der Waals surface area contributed by atoms with Crippen molar-refractivity contribution in [2.45, 2.75) is 6.92 Å². The van der Waals surface area contributed by atoms with E-state index >= 15 is 0 Å². The van der Waals surface area contributed by atoms with Crippen LogP contribution in [0.25, 0.3) is 0 Å². The fourth-order valence-corrected chi connectivity index (χ4v) is 2.16. The third-order valence-electron chi connectivity index (χ3n) is 3.30. The van der Waals surface area contributed by atoms with Crippen LogP contribution in [0, 0.1) is 5.82 Å². The fourth-order valence-electron chi connectivity index (χ4n) is 2.16. The zero-order chi connectivity index (χ0) is 15.1. The molecule has 1 fully saturated rings. The van der Waals surface area contributed by atoms with Gasteiger partial charge in [0.15, 0.2) is 11.6 Å². The number of pyridine rings is 1. The third kappa shape index (κ3) is 4.37. The highest BCUT2D eigenvalue weighted by Crippen LogP contribution is 2.14. The van der Waals surface area contributed by atoms with Crippen molar-refractivity contribution in [3.05, 3.63) is 23.6 Å². The molecule has 1 aromatic heterocycles. The second-order valence-corrected chi connectivity index (χ2v) is 4.76. The molecule has 0 radical (unpaired) electrons. The average Bonchev–Trinajstić information content (AvgIpc) is 2.50. The maximum atomic E-state index is 14.1. The number of morpholine rings is 1. The van der Waals surface area contributed by atoms with Crippen molar-refractivity contribution < 1.29 is 13.9 Å². The van der Waals surface area contributed by atoms with Crippen molar-refractivity contribution >= 4 is 11.7 Å². The summed E-state index contributed by atoms with van der Waals surface area (Å²) in [6, 6.07) is 1.39. The summed E-state index contributed by atoms with van der Waals surface area (Å²) < 4.78 is 19.3. The summed E-state index contributed by atoms with van der Waals surface area (Å²) in [5.74, 6) is -0.913. The first-order chi connectivity index (χ1) is 10.2. The summed E-state index contributed by atoms with van der Waals surface area (Å²) in [5, 5.41) is 5.53. The van der Waals surface area contributed by atoms with Crippen LogP contribution in [0.5, 0.6) is 0 Å².